The molecular formula is C28H30N4O4S2. The quantitative estimate of drug-likeness (QED) is 0.242. The van der Waals surface area contributed by atoms with Gasteiger partial charge in [-0.15, -0.1) is 27.8 Å². The molecular weight excluding hydrogens is 520 g/mol. The Kier molecular flexibility index (Phi) is 6.90. The van der Waals surface area contributed by atoms with Crippen molar-refractivity contribution in [1.29, 1.82) is 0 Å². The number of ether oxygens (including phenoxy) is 1. The topological polar surface area (TPSA) is 97.5 Å². The van der Waals surface area contributed by atoms with E-state index in [1.807, 2.05) is 33.6 Å². The molecule has 1 saturated heterocycles. The van der Waals surface area contributed by atoms with E-state index in [4.69, 9.17) is 4.74 Å². The van der Waals surface area contributed by atoms with Crippen LogP contribution in [0.25, 0.3) is 11.0 Å². The second kappa shape index (κ2) is 10.3. The van der Waals surface area contributed by atoms with Gasteiger partial charge < -0.3 is 14.7 Å². The molecule has 1 aliphatic carbocycles. The van der Waals surface area contributed by atoms with Crippen LogP contribution in [0.5, 0.6) is 0 Å². The van der Waals surface area contributed by atoms with E-state index in [2.05, 4.69) is 15.2 Å². The second-order valence-electron chi connectivity index (χ2n) is 10.5. The number of aryl methyl sites for hydroxylation is 1. The van der Waals surface area contributed by atoms with Crippen LogP contribution in [0.1, 0.15) is 52.2 Å². The van der Waals surface area contributed by atoms with Crippen LogP contribution in [0.3, 0.4) is 0 Å². The van der Waals surface area contributed by atoms with E-state index in [0.29, 0.717) is 15.3 Å². The highest BCUT2D eigenvalue weighted by atomic mass is 32.1. The first-order valence-corrected chi connectivity index (χ1v) is 14.8. The van der Waals surface area contributed by atoms with Gasteiger partial charge in [0.2, 0.25) is 5.60 Å². The maximum Gasteiger partial charge on any atom is 0.349 e. The lowest BCUT2D eigenvalue weighted by atomic mass is 9.85. The summed E-state index contributed by atoms with van der Waals surface area (Å²) >= 11 is 2.73. The Balaban J connectivity index is 1.03. The smallest absolute Gasteiger partial charge is 0.349 e. The van der Waals surface area contributed by atoms with Gasteiger partial charge in [-0.25, -0.2) is 9.48 Å². The molecule has 198 valence electrons. The van der Waals surface area contributed by atoms with Gasteiger partial charge in [-0.1, -0.05) is 17.3 Å². The van der Waals surface area contributed by atoms with Crippen LogP contribution in [0.15, 0.2) is 53.2 Å². The Hall–Kier alpha value is -2.92. The molecule has 2 atom stereocenters. The van der Waals surface area contributed by atoms with Crippen LogP contribution in [0.2, 0.25) is 0 Å². The summed E-state index contributed by atoms with van der Waals surface area (Å²) in [6, 6.07) is 12.7. The number of aromatic nitrogens is 3. The lowest BCUT2D eigenvalue weighted by Gasteiger charge is -2.27. The Morgan fingerprint density at radius 3 is 2.66 bits per heavy atom. The Bertz CT molecular complexity index is 1380. The first-order valence-electron chi connectivity index (χ1n) is 13.0. The third kappa shape index (κ3) is 4.70. The van der Waals surface area contributed by atoms with E-state index >= 15 is 0 Å². The van der Waals surface area contributed by atoms with Gasteiger partial charge in [0.25, 0.3) is 0 Å². The van der Waals surface area contributed by atoms with E-state index in [1.54, 1.807) is 24.3 Å². The Labute approximate surface area is 228 Å². The molecule has 2 aliphatic rings. The number of nitrogens with zero attached hydrogens (tertiary/aromatic N) is 4. The number of hydrogen-bond acceptors (Lipinski definition) is 9. The van der Waals surface area contributed by atoms with Crippen molar-refractivity contribution in [3.63, 3.8) is 0 Å². The van der Waals surface area contributed by atoms with Crippen molar-refractivity contribution < 1.29 is 19.4 Å². The average Bonchev–Trinajstić information content (AvgIpc) is 3.76. The van der Waals surface area contributed by atoms with Crippen molar-refractivity contribution in [2.24, 2.45) is 5.41 Å². The number of aldehydes is 1. The lowest BCUT2D eigenvalue weighted by Crippen LogP contribution is -2.39. The van der Waals surface area contributed by atoms with E-state index in [-0.39, 0.29) is 11.5 Å². The largest absolute Gasteiger partial charge is 0.460 e. The van der Waals surface area contributed by atoms with Gasteiger partial charge in [0.05, 0.1) is 15.3 Å². The van der Waals surface area contributed by atoms with Gasteiger partial charge in [0, 0.05) is 18.7 Å². The molecule has 2 fully saturated rings. The molecule has 2 unspecified atom stereocenters. The third-order valence-corrected chi connectivity index (χ3v) is 9.97. The first kappa shape index (κ1) is 25.4. The van der Waals surface area contributed by atoms with Crippen LogP contribution in [0, 0.1) is 5.41 Å². The van der Waals surface area contributed by atoms with Gasteiger partial charge >= 0.3 is 5.97 Å². The standard InChI is InChI=1S/C28H30N4O4S2/c33-18-20-6-7-23-22(16-20)29-30-32(23)12-3-11-31-13-10-27(19-31)9-8-21(17-27)36-26(34)28(35,24-4-1-14-37-24)25-5-2-15-38-25/h1-2,4-7,14-16,18,21,35H,3,8-13,17,19H2. The van der Waals surface area contributed by atoms with E-state index < -0.39 is 11.6 Å². The van der Waals surface area contributed by atoms with Gasteiger partial charge in [-0.05, 0) is 91.7 Å². The molecule has 1 aliphatic heterocycles. The van der Waals surface area contributed by atoms with E-state index in [0.717, 1.165) is 75.6 Å². The highest BCUT2D eigenvalue weighted by Gasteiger charge is 2.49. The second-order valence-corrected chi connectivity index (χ2v) is 12.4. The molecule has 0 radical (unpaired) electrons. The molecule has 6 rings (SSSR count). The zero-order chi connectivity index (χ0) is 26.2. The van der Waals surface area contributed by atoms with Crippen molar-refractivity contribution in [1.82, 2.24) is 19.9 Å². The molecule has 4 aromatic rings. The Morgan fingerprint density at radius 1 is 1.16 bits per heavy atom. The van der Waals surface area contributed by atoms with Gasteiger partial charge in [0.1, 0.15) is 17.9 Å². The zero-order valence-electron chi connectivity index (χ0n) is 21.0. The van der Waals surface area contributed by atoms with Crippen molar-refractivity contribution in [2.45, 2.75) is 50.4 Å². The van der Waals surface area contributed by atoms with Crippen molar-refractivity contribution >= 4 is 46.0 Å². The zero-order valence-corrected chi connectivity index (χ0v) is 22.6. The molecule has 1 spiro atoms. The van der Waals surface area contributed by atoms with Crippen molar-refractivity contribution in [3.8, 4) is 0 Å². The van der Waals surface area contributed by atoms with Gasteiger partial charge in [-0.3, -0.25) is 4.79 Å². The summed E-state index contributed by atoms with van der Waals surface area (Å²) in [5, 5.41) is 23.7. The molecule has 10 heteroatoms. The van der Waals surface area contributed by atoms with E-state index in [1.165, 1.54) is 22.7 Å². The maximum atomic E-state index is 13.4. The minimum absolute atomic E-state index is 0.167. The summed E-state index contributed by atoms with van der Waals surface area (Å²) in [6.07, 6.45) is 5.41. The van der Waals surface area contributed by atoms with Crippen LogP contribution < -0.4 is 0 Å². The lowest BCUT2D eigenvalue weighted by molar-refractivity contribution is -0.167. The highest BCUT2D eigenvalue weighted by molar-refractivity contribution is 7.12. The molecule has 4 heterocycles. The predicted octanol–water partition coefficient (Wildman–Crippen LogP) is 4.48. The fraction of sp³-hybridized carbons (Fsp3) is 0.429. The molecule has 1 aromatic carbocycles. The predicted molar refractivity (Wildman–Crippen MR) is 146 cm³/mol. The molecule has 8 nitrogen and oxygen atoms in total. The molecule has 38 heavy (non-hydrogen) atoms. The van der Waals surface area contributed by atoms with Crippen LogP contribution in [0.4, 0.5) is 0 Å². The number of fused-ring (bicyclic) bond motifs is 1. The summed E-state index contributed by atoms with van der Waals surface area (Å²) < 4.78 is 7.90. The minimum Gasteiger partial charge on any atom is -0.460 e. The number of esters is 1. The number of likely N-dealkylation sites (tertiary alicyclic amines) is 1. The number of rotatable bonds is 9. The summed E-state index contributed by atoms with van der Waals surface area (Å²) in [6.45, 7) is 3.78. The van der Waals surface area contributed by atoms with Crippen molar-refractivity contribution in [3.05, 3.63) is 68.5 Å². The van der Waals surface area contributed by atoms with Gasteiger partial charge in [0.15, 0.2) is 0 Å². The summed E-state index contributed by atoms with van der Waals surface area (Å²) in [5.74, 6) is -0.570. The fourth-order valence-electron chi connectivity index (χ4n) is 6.04. The molecule has 1 saturated carbocycles. The first-order chi connectivity index (χ1) is 18.5. The third-order valence-electron chi connectivity index (χ3n) is 8.02. The monoisotopic (exact) mass is 550 g/mol. The van der Waals surface area contributed by atoms with E-state index in [9.17, 15) is 14.7 Å². The average molecular weight is 551 g/mol. The molecule has 0 bridgehead atoms. The van der Waals surface area contributed by atoms with Crippen molar-refractivity contribution in [2.75, 3.05) is 19.6 Å². The highest BCUT2D eigenvalue weighted by Crippen LogP contribution is 2.47. The SMILES string of the molecule is O=Cc1ccc2c(c1)nnn2CCCN1CCC2(CCC(OC(=O)C(O)(c3cccs3)c3cccs3)C2)C1. The number of carbonyl (C=O) groups is 2. The molecule has 3 aromatic heterocycles. The molecule has 0 amide bonds. The number of aliphatic hydroxyl groups is 1. The van der Waals surface area contributed by atoms with Crippen LogP contribution in [-0.4, -0.2) is 63.0 Å². The minimum atomic E-state index is -1.75. The number of benzene rings is 1. The van der Waals surface area contributed by atoms with Crippen LogP contribution >= 0.6 is 22.7 Å². The fourth-order valence-corrected chi connectivity index (χ4v) is 7.76. The number of hydrogen-bond donors (Lipinski definition) is 1. The van der Waals surface area contributed by atoms with Crippen LogP contribution in [-0.2, 0) is 21.7 Å². The molecule has 1 N–H and O–H groups in total. The number of carbonyl (C=O) groups excluding carboxylic acids is 2. The maximum absolute atomic E-state index is 13.4. The summed E-state index contributed by atoms with van der Waals surface area (Å²) in [5.41, 5.74) is 0.709. The summed E-state index contributed by atoms with van der Waals surface area (Å²) in [7, 11) is 0. The normalized spacial score (nSPS) is 22.0. The summed E-state index contributed by atoms with van der Waals surface area (Å²) in [4.78, 5) is 28.1. The Morgan fingerprint density at radius 2 is 1.95 bits per heavy atom. The number of thiophene rings is 2. The van der Waals surface area contributed by atoms with Gasteiger partial charge in [-0.2, -0.15) is 0 Å².